The molecule has 1 aromatic rings. The van der Waals surface area contributed by atoms with E-state index in [1.807, 2.05) is 0 Å². The number of benzene rings is 1. The van der Waals surface area contributed by atoms with Crippen LogP contribution >= 0.6 is 15.9 Å². The maximum Gasteiger partial charge on any atom is 0.255 e. The van der Waals surface area contributed by atoms with Gasteiger partial charge in [0.2, 0.25) is 11.7 Å². The Balaban J connectivity index is 2.00. The SMILES string of the molecule is CC1c2ccc(NC(=O)CBr)c(O)c2C(=O)C2=C(O)[C@]3(O)C(=O)C(C(N)=O)=C(O)[C@@H](N(C)C)C3C(O)C21. The quantitative estimate of drug-likeness (QED) is 0.144. The predicted molar refractivity (Wildman–Crippen MR) is 132 cm³/mol. The van der Waals surface area contributed by atoms with Crippen molar-refractivity contribution in [2.75, 3.05) is 24.7 Å². The van der Waals surface area contributed by atoms with E-state index in [0.29, 0.717) is 5.56 Å². The molecule has 0 spiro atoms. The number of carbonyl (C=O) groups excluding carboxylic acids is 4. The Morgan fingerprint density at radius 2 is 1.81 bits per heavy atom. The molecule has 0 radical (unpaired) electrons. The number of aliphatic hydroxyl groups is 4. The highest BCUT2D eigenvalue weighted by Gasteiger charge is 2.67. The van der Waals surface area contributed by atoms with Crippen LogP contribution in [-0.4, -0.2) is 91.0 Å². The smallest absolute Gasteiger partial charge is 0.255 e. The van der Waals surface area contributed by atoms with Gasteiger partial charge in [-0.2, -0.15) is 0 Å². The number of hydrogen-bond acceptors (Lipinski definition) is 10. The first-order valence-corrected chi connectivity index (χ1v) is 12.4. The molecule has 1 aromatic carbocycles. The van der Waals surface area contributed by atoms with Gasteiger partial charge in [0.05, 0.1) is 34.6 Å². The Kier molecular flexibility index (Phi) is 6.47. The molecule has 0 saturated carbocycles. The van der Waals surface area contributed by atoms with E-state index in [2.05, 4.69) is 21.2 Å². The normalized spacial score (nSPS) is 31.2. The number of rotatable bonds is 4. The summed E-state index contributed by atoms with van der Waals surface area (Å²) in [6.45, 7) is 1.62. The summed E-state index contributed by atoms with van der Waals surface area (Å²) in [7, 11) is 2.93. The summed E-state index contributed by atoms with van der Waals surface area (Å²) in [5.74, 6) is -10.3. The number of hydrogen-bond donors (Lipinski definition) is 7. The summed E-state index contributed by atoms with van der Waals surface area (Å²) < 4.78 is 0. The molecule has 4 rings (SSSR count). The molecule has 0 aliphatic heterocycles. The van der Waals surface area contributed by atoms with E-state index < -0.39 is 87.3 Å². The molecule has 6 atom stereocenters. The molecular formula is C24H26BrN3O9. The Morgan fingerprint density at radius 3 is 2.35 bits per heavy atom. The van der Waals surface area contributed by atoms with Crippen LogP contribution in [0, 0.1) is 11.8 Å². The first-order chi connectivity index (χ1) is 17.2. The van der Waals surface area contributed by atoms with Crippen molar-refractivity contribution in [2.24, 2.45) is 17.6 Å². The lowest BCUT2D eigenvalue weighted by Gasteiger charge is -2.53. The first kappa shape index (κ1) is 26.8. The number of anilines is 1. The van der Waals surface area contributed by atoms with E-state index in [1.165, 1.54) is 31.1 Å². The number of nitrogens with zero attached hydrogens (tertiary/aromatic N) is 1. The summed E-state index contributed by atoms with van der Waals surface area (Å²) >= 11 is 2.98. The summed E-state index contributed by atoms with van der Waals surface area (Å²) in [4.78, 5) is 52.3. The van der Waals surface area contributed by atoms with E-state index in [-0.39, 0.29) is 16.6 Å². The van der Waals surface area contributed by atoms with Gasteiger partial charge in [-0.05, 0) is 31.6 Å². The Hall–Kier alpha value is -3.26. The van der Waals surface area contributed by atoms with Gasteiger partial charge in [0.1, 0.15) is 17.1 Å². The van der Waals surface area contributed by atoms with Crippen LogP contribution in [0.2, 0.25) is 0 Å². The molecular weight excluding hydrogens is 554 g/mol. The number of nitrogens with two attached hydrogens (primary N) is 1. The van der Waals surface area contributed by atoms with Gasteiger partial charge < -0.3 is 36.6 Å². The maximum absolute atomic E-state index is 13.7. The van der Waals surface area contributed by atoms with E-state index in [9.17, 15) is 44.7 Å². The number of carbonyl (C=O) groups is 4. The van der Waals surface area contributed by atoms with Crippen molar-refractivity contribution in [1.82, 2.24) is 4.90 Å². The number of ketones is 2. The average molecular weight is 580 g/mol. The zero-order chi connectivity index (χ0) is 27.7. The van der Waals surface area contributed by atoms with Crippen molar-refractivity contribution in [2.45, 2.75) is 30.6 Å². The van der Waals surface area contributed by atoms with Gasteiger partial charge in [-0.25, -0.2) is 0 Å². The second kappa shape index (κ2) is 8.94. The van der Waals surface area contributed by atoms with Crippen LogP contribution in [0.4, 0.5) is 5.69 Å². The highest BCUT2D eigenvalue weighted by atomic mass is 79.9. The standard InChI is InChI=1S/C24H26BrN3O9/c1-7-8-4-5-9(27-10(29)6-25)17(30)12(8)18(31)13-11(7)19(32)15-16(28(2)3)20(33)14(23(26)36)22(35)24(15,37)21(13)34/h4-5,7,11,15-16,19,30,32-34,37H,6H2,1-3H3,(H2,26,36)(H,27,29)/t7?,11?,15?,16-,19?,24-/m0/s1. The summed E-state index contributed by atoms with van der Waals surface area (Å²) in [6.07, 6.45) is -1.68. The number of amides is 2. The third-order valence-electron chi connectivity index (χ3n) is 7.53. The monoisotopic (exact) mass is 579 g/mol. The van der Waals surface area contributed by atoms with Crippen LogP contribution < -0.4 is 11.1 Å². The van der Waals surface area contributed by atoms with Crippen molar-refractivity contribution in [1.29, 1.82) is 0 Å². The number of phenolic OH excluding ortho intramolecular Hbond substituents is 1. The second-order valence-electron chi connectivity index (χ2n) is 9.66. The van der Waals surface area contributed by atoms with Gasteiger partial charge in [-0.1, -0.05) is 28.9 Å². The lowest BCUT2D eigenvalue weighted by molar-refractivity contribution is -0.162. The zero-order valence-electron chi connectivity index (χ0n) is 20.0. The lowest BCUT2D eigenvalue weighted by Crippen LogP contribution is -2.68. The van der Waals surface area contributed by atoms with Gasteiger partial charge in [0, 0.05) is 11.5 Å². The summed E-state index contributed by atoms with van der Waals surface area (Å²) in [6, 6.07) is 1.54. The van der Waals surface area contributed by atoms with Crippen LogP contribution in [0.5, 0.6) is 5.75 Å². The van der Waals surface area contributed by atoms with Crippen LogP contribution in [-0.2, 0) is 14.4 Å². The van der Waals surface area contributed by atoms with Crippen molar-refractivity contribution in [3.05, 3.63) is 45.9 Å². The van der Waals surface area contributed by atoms with E-state index in [1.54, 1.807) is 6.92 Å². The van der Waals surface area contributed by atoms with Crippen LogP contribution in [0.15, 0.2) is 34.8 Å². The number of phenols is 1. The Morgan fingerprint density at radius 1 is 1.19 bits per heavy atom. The number of primary amides is 1. The molecule has 0 heterocycles. The molecule has 37 heavy (non-hydrogen) atoms. The Labute approximate surface area is 219 Å². The maximum atomic E-state index is 13.7. The van der Waals surface area contributed by atoms with Crippen molar-refractivity contribution in [3.63, 3.8) is 0 Å². The summed E-state index contributed by atoms with van der Waals surface area (Å²) in [5.41, 5.74) is 0.754. The van der Waals surface area contributed by atoms with Crippen molar-refractivity contribution >= 4 is 45.0 Å². The van der Waals surface area contributed by atoms with Gasteiger partial charge >= 0.3 is 0 Å². The molecule has 0 aromatic heterocycles. The minimum absolute atomic E-state index is 0.0829. The fraction of sp³-hybridized carbons (Fsp3) is 0.417. The topological polar surface area (TPSA) is 211 Å². The molecule has 12 nitrogen and oxygen atoms in total. The van der Waals surface area contributed by atoms with E-state index in [0.717, 1.165) is 0 Å². The molecule has 198 valence electrons. The number of aromatic hydroxyl groups is 1. The van der Waals surface area contributed by atoms with Crippen LogP contribution in [0.1, 0.15) is 28.8 Å². The molecule has 13 heteroatoms. The minimum atomic E-state index is -2.99. The number of fused-ring (bicyclic) bond motifs is 3. The molecule has 4 unspecified atom stereocenters. The number of halogens is 1. The Bertz CT molecular complexity index is 1320. The second-order valence-corrected chi connectivity index (χ2v) is 10.2. The summed E-state index contributed by atoms with van der Waals surface area (Å²) in [5, 5.41) is 58.5. The molecule has 3 aliphatic carbocycles. The van der Waals surface area contributed by atoms with Gasteiger partial charge in [-0.3, -0.25) is 24.1 Å². The fourth-order valence-electron chi connectivity index (χ4n) is 5.91. The molecule has 3 aliphatic rings. The molecule has 0 bridgehead atoms. The molecule has 2 amide bonds. The van der Waals surface area contributed by atoms with Crippen LogP contribution in [0.25, 0.3) is 0 Å². The van der Waals surface area contributed by atoms with E-state index in [4.69, 9.17) is 5.73 Å². The largest absolute Gasteiger partial charge is 0.510 e. The van der Waals surface area contributed by atoms with Crippen molar-refractivity contribution in [3.8, 4) is 5.75 Å². The molecule has 0 saturated heterocycles. The highest BCUT2D eigenvalue weighted by Crippen LogP contribution is 2.56. The van der Waals surface area contributed by atoms with Crippen LogP contribution in [0.3, 0.4) is 0 Å². The fourth-order valence-corrected chi connectivity index (χ4v) is 6.05. The average Bonchev–Trinajstić information content (AvgIpc) is 2.82. The molecule has 8 N–H and O–H groups in total. The first-order valence-electron chi connectivity index (χ1n) is 11.3. The van der Waals surface area contributed by atoms with Crippen molar-refractivity contribution < 1.29 is 44.7 Å². The highest BCUT2D eigenvalue weighted by molar-refractivity contribution is 9.09. The zero-order valence-corrected chi connectivity index (χ0v) is 21.6. The van der Waals surface area contributed by atoms with Gasteiger partial charge in [-0.15, -0.1) is 0 Å². The third kappa shape index (κ3) is 3.52. The number of alkyl halides is 1. The van der Waals surface area contributed by atoms with Gasteiger partial charge in [0.25, 0.3) is 5.91 Å². The van der Waals surface area contributed by atoms with Gasteiger partial charge in [0.15, 0.2) is 17.1 Å². The number of likely N-dealkylation sites (N-methyl/N-ethyl adjacent to an activating group) is 1. The molecule has 0 fully saturated rings. The number of aliphatic hydroxyl groups excluding tert-OH is 3. The van der Waals surface area contributed by atoms with E-state index >= 15 is 0 Å². The lowest BCUT2D eigenvalue weighted by atomic mass is 9.55. The third-order valence-corrected chi connectivity index (χ3v) is 8.04. The predicted octanol–water partition coefficient (Wildman–Crippen LogP) is -0.0142. The number of Topliss-reactive ketones (excluding diaryl/α,β-unsaturated/α-hetero) is 2. The minimum Gasteiger partial charge on any atom is -0.510 e. The number of nitrogens with one attached hydrogen (secondary N) is 1.